The molecule has 0 fully saturated rings. The van der Waals surface area contributed by atoms with Crippen molar-refractivity contribution in [1.29, 1.82) is 5.26 Å². The lowest BCUT2D eigenvalue weighted by atomic mass is 10.4. The topological polar surface area (TPSA) is 65.4 Å². The van der Waals surface area contributed by atoms with Crippen LogP contribution in [0.3, 0.4) is 0 Å². The Balaban J connectivity index is 2.86. The SMILES string of the molecule is N#Cc1nc(Cl)c2cc[nH]c2n1. The van der Waals surface area contributed by atoms with Gasteiger partial charge in [-0.15, -0.1) is 0 Å². The molecule has 0 atom stereocenters. The van der Waals surface area contributed by atoms with Crippen molar-refractivity contribution in [3.63, 3.8) is 0 Å². The van der Waals surface area contributed by atoms with E-state index < -0.39 is 0 Å². The second-order valence-corrected chi connectivity index (χ2v) is 2.55. The summed E-state index contributed by atoms with van der Waals surface area (Å²) in [4.78, 5) is 10.5. The number of nitriles is 1. The van der Waals surface area contributed by atoms with Gasteiger partial charge in [0.25, 0.3) is 0 Å². The number of nitrogens with one attached hydrogen (secondary N) is 1. The van der Waals surface area contributed by atoms with Crippen LogP contribution < -0.4 is 0 Å². The molecule has 4 nitrogen and oxygen atoms in total. The molecule has 2 aromatic rings. The van der Waals surface area contributed by atoms with Gasteiger partial charge in [-0.3, -0.25) is 0 Å². The van der Waals surface area contributed by atoms with Gasteiger partial charge >= 0.3 is 0 Å². The van der Waals surface area contributed by atoms with E-state index in [1.807, 2.05) is 6.07 Å². The van der Waals surface area contributed by atoms with E-state index >= 15 is 0 Å². The Labute approximate surface area is 72.8 Å². The van der Waals surface area contributed by atoms with Gasteiger partial charge in [-0.1, -0.05) is 11.6 Å². The third-order valence-electron chi connectivity index (χ3n) is 1.47. The van der Waals surface area contributed by atoms with Crippen LogP contribution in [0.5, 0.6) is 0 Å². The number of nitrogens with zero attached hydrogens (tertiary/aromatic N) is 3. The van der Waals surface area contributed by atoms with Gasteiger partial charge in [0.1, 0.15) is 16.9 Å². The van der Waals surface area contributed by atoms with Gasteiger partial charge in [0.2, 0.25) is 5.82 Å². The Bertz CT molecular complexity index is 468. The average molecular weight is 179 g/mol. The summed E-state index contributed by atoms with van der Waals surface area (Å²) in [5, 5.41) is 9.55. The van der Waals surface area contributed by atoms with E-state index in [0.29, 0.717) is 10.8 Å². The molecule has 0 aliphatic rings. The largest absolute Gasteiger partial charge is 0.346 e. The molecule has 0 unspecified atom stereocenters. The van der Waals surface area contributed by atoms with Crippen molar-refractivity contribution in [2.75, 3.05) is 0 Å². The molecule has 0 spiro atoms. The third kappa shape index (κ3) is 0.917. The molecule has 2 heterocycles. The van der Waals surface area contributed by atoms with Crippen molar-refractivity contribution in [1.82, 2.24) is 15.0 Å². The van der Waals surface area contributed by atoms with E-state index in [-0.39, 0.29) is 5.82 Å². The Morgan fingerprint density at radius 2 is 2.33 bits per heavy atom. The second kappa shape index (κ2) is 2.47. The van der Waals surface area contributed by atoms with Crippen molar-refractivity contribution in [2.45, 2.75) is 0 Å². The molecule has 2 aromatic heterocycles. The molecular weight excluding hydrogens is 176 g/mol. The van der Waals surface area contributed by atoms with Gasteiger partial charge < -0.3 is 4.98 Å². The first kappa shape index (κ1) is 7.07. The summed E-state index contributed by atoms with van der Waals surface area (Å²) in [6.45, 7) is 0. The number of rotatable bonds is 0. The maximum atomic E-state index is 8.51. The molecule has 5 heteroatoms. The fraction of sp³-hybridized carbons (Fsp3) is 0. The quantitative estimate of drug-likeness (QED) is 0.622. The molecule has 0 radical (unpaired) electrons. The summed E-state index contributed by atoms with van der Waals surface area (Å²) in [5.41, 5.74) is 0.589. The van der Waals surface area contributed by atoms with Crippen molar-refractivity contribution < 1.29 is 0 Å². The minimum atomic E-state index is 0.0787. The molecule has 2 rings (SSSR count). The molecule has 1 N–H and O–H groups in total. The first-order chi connectivity index (χ1) is 5.81. The van der Waals surface area contributed by atoms with Crippen LogP contribution in [-0.4, -0.2) is 15.0 Å². The zero-order valence-corrected chi connectivity index (χ0v) is 6.63. The monoisotopic (exact) mass is 178 g/mol. The molecular formula is C7H3ClN4. The van der Waals surface area contributed by atoms with Gasteiger partial charge in [-0.05, 0) is 6.07 Å². The predicted octanol–water partition coefficient (Wildman–Crippen LogP) is 1.48. The summed E-state index contributed by atoms with van der Waals surface area (Å²) >= 11 is 5.76. The molecule has 0 saturated heterocycles. The van der Waals surface area contributed by atoms with Gasteiger partial charge in [0.15, 0.2) is 0 Å². The van der Waals surface area contributed by atoms with Crippen molar-refractivity contribution in [3.05, 3.63) is 23.2 Å². The van der Waals surface area contributed by atoms with Crippen molar-refractivity contribution >= 4 is 22.6 Å². The number of aromatic amines is 1. The van der Waals surface area contributed by atoms with Crippen LogP contribution in [0.25, 0.3) is 11.0 Å². The van der Waals surface area contributed by atoms with Crippen LogP contribution in [0.15, 0.2) is 12.3 Å². The van der Waals surface area contributed by atoms with E-state index in [4.69, 9.17) is 16.9 Å². The number of H-pyrrole nitrogens is 1. The minimum Gasteiger partial charge on any atom is -0.346 e. The number of fused-ring (bicyclic) bond motifs is 1. The van der Waals surface area contributed by atoms with Crippen molar-refractivity contribution in [2.24, 2.45) is 0 Å². The highest BCUT2D eigenvalue weighted by Gasteiger charge is 2.04. The molecule has 0 aliphatic heterocycles. The van der Waals surface area contributed by atoms with Crippen LogP contribution in [0.2, 0.25) is 5.15 Å². The maximum absolute atomic E-state index is 8.51. The van der Waals surface area contributed by atoms with E-state index in [1.54, 1.807) is 12.3 Å². The van der Waals surface area contributed by atoms with Gasteiger partial charge in [-0.2, -0.15) is 5.26 Å². The smallest absolute Gasteiger partial charge is 0.235 e. The summed E-state index contributed by atoms with van der Waals surface area (Å²) in [6.07, 6.45) is 1.70. The zero-order valence-electron chi connectivity index (χ0n) is 5.87. The Morgan fingerprint density at radius 1 is 1.50 bits per heavy atom. The summed E-state index contributed by atoms with van der Waals surface area (Å²) in [5.74, 6) is 0.0787. The number of aromatic nitrogens is 3. The van der Waals surface area contributed by atoms with Crippen LogP contribution in [0, 0.1) is 11.3 Å². The molecule has 0 amide bonds. The molecule has 0 aliphatic carbocycles. The zero-order chi connectivity index (χ0) is 8.55. The molecule has 0 aromatic carbocycles. The fourth-order valence-corrected chi connectivity index (χ4v) is 1.19. The molecule has 12 heavy (non-hydrogen) atoms. The summed E-state index contributed by atoms with van der Waals surface area (Å²) < 4.78 is 0. The van der Waals surface area contributed by atoms with E-state index in [0.717, 1.165) is 5.39 Å². The van der Waals surface area contributed by atoms with E-state index in [1.165, 1.54) is 0 Å². The normalized spacial score (nSPS) is 10.0. The number of hydrogen-bond acceptors (Lipinski definition) is 3. The summed E-state index contributed by atoms with van der Waals surface area (Å²) in [7, 11) is 0. The lowest BCUT2D eigenvalue weighted by molar-refractivity contribution is 1.14. The first-order valence-electron chi connectivity index (χ1n) is 3.22. The Morgan fingerprint density at radius 3 is 3.08 bits per heavy atom. The highest BCUT2D eigenvalue weighted by Crippen LogP contribution is 2.18. The van der Waals surface area contributed by atoms with Crippen LogP contribution in [0.1, 0.15) is 5.82 Å². The molecule has 58 valence electrons. The standard InChI is InChI=1S/C7H3ClN4/c8-6-4-1-2-10-7(4)12-5(3-9)11-6/h1-2H,(H,10,11,12). The lowest BCUT2D eigenvalue weighted by Crippen LogP contribution is -1.89. The average Bonchev–Trinajstić information content (AvgIpc) is 2.52. The Hall–Kier alpha value is -1.60. The predicted molar refractivity (Wildman–Crippen MR) is 43.6 cm³/mol. The number of hydrogen-bond donors (Lipinski definition) is 1. The molecule has 0 saturated carbocycles. The highest BCUT2D eigenvalue weighted by molar-refractivity contribution is 6.33. The summed E-state index contributed by atoms with van der Waals surface area (Å²) in [6, 6.07) is 3.59. The van der Waals surface area contributed by atoms with E-state index in [9.17, 15) is 0 Å². The van der Waals surface area contributed by atoms with Gasteiger partial charge in [0, 0.05) is 6.20 Å². The van der Waals surface area contributed by atoms with Crippen LogP contribution >= 0.6 is 11.6 Å². The Kier molecular flexibility index (Phi) is 1.45. The number of halogens is 1. The van der Waals surface area contributed by atoms with Crippen LogP contribution in [-0.2, 0) is 0 Å². The van der Waals surface area contributed by atoms with Gasteiger partial charge in [-0.25, -0.2) is 9.97 Å². The van der Waals surface area contributed by atoms with Crippen molar-refractivity contribution in [3.8, 4) is 6.07 Å². The minimum absolute atomic E-state index is 0.0787. The second-order valence-electron chi connectivity index (χ2n) is 2.19. The molecule has 0 bridgehead atoms. The third-order valence-corrected chi connectivity index (χ3v) is 1.76. The van der Waals surface area contributed by atoms with E-state index in [2.05, 4.69) is 15.0 Å². The highest BCUT2D eigenvalue weighted by atomic mass is 35.5. The maximum Gasteiger partial charge on any atom is 0.235 e. The van der Waals surface area contributed by atoms with Gasteiger partial charge in [0.05, 0.1) is 5.39 Å². The fourth-order valence-electron chi connectivity index (χ4n) is 0.954. The first-order valence-corrected chi connectivity index (χ1v) is 3.60. The lowest BCUT2D eigenvalue weighted by Gasteiger charge is -1.92. The van der Waals surface area contributed by atoms with Crippen LogP contribution in [0.4, 0.5) is 0 Å².